The Morgan fingerprint density at radius 3 is 0.924 bits per heavy atom. The minimum Gasteiger partial charge on any atom is -0.462 e. The third-order valence-corrected chi connectivity index (χ3v) is 24.4. The Morgan fingerprint density at radius 1 is 0.353 bits per heavy atom. The van der Waals surface area contributed by atoms with Gasteiger partial charge >= 0.3 is 31.7 Å². The fourth-order valence-corrected chi connectivity index (χ4v) is 17.0. The quantitative estimate of drug-likeness (QED) is 0.0108. The first kappa shape index (κ1) is 114. The number of phosphoric acid groups is 1. The summed E-state index contributed by atoms with van der Waals surface area (Å²) >= 11 is 0. The van der Waals surface area contributed by atoms with Crippen molar-refractivity contribution in [2.75, 3.05) is 19.8 Å². The number of nitrogens with one attached hydrogen (secondary N) is 2. The summed E-state index contributed by atoms with van der Waals surface area (Å²) in [7, 11) is -5.57. The van der Waals surface area contributed by atoms with E-state index in [1.54, 1.807) is 0 Å². The third-order valence-electron chi connectivity index (χ3n) is 23.9. The van der Waals surface area contributed by atoms with E-state index in [0.29, 0.717) is 70.8 Å². The van der Waals surface area contributed by atoms with Crippen molar-refractivity contribution in [1.82, 2.24) is 10.6 Å². The number of esters is 4. The summed E-state index contributed by atoms with van der Waals surface area (Å²) in [5.41, 5.74) is -2.95. The van der Waals surface area contributed by atoms with Crippen molar-refractivity contribution in [2.45, 2.75) is 572 Å². The van der Waals surface area contributed by atoms with Crippen LogP contribution in [0, 0.1) is 0 Å². The van der Waals surface area contributed by atoms with E-state index in [0.717, 1.165) is 186 Å². The first-order valence-electron chi connectivity index (χ1n) is 50.6. The molecule has 21 heteroatoms. The molecule has 0 aromatic heterocycles. The van der Waals surface area contributed by atoms with Crippen molar-refractivity contribution < 1.29 is 86.3 Å². The van der Waals surface area contributed by atoms with E-state index in [2.05, 4.69) is 52.2 Å². The Balaban J connectivity index is 3.50. The molecule has 0 radical (unpaired) electrons. The molecule has 1 heterocycles. The maximum atomic E-state index is 14.9. The van der Waals surface area contributed by atoms with E-state index in [9.17, 15) is 53.3 Å². The molecule has 119 heavy (non-hydrogen) atoms. The van der Waals surface area contributed by atoms with Gasteiger partial charge in [-0.15, -0.1) is 0 Å². The molecule has 0 aromatic carbocycles. The summed E-state index contributed by atoms with van der Waals surface area (Å²) in [6, 6.07) is 0. The minimum absolute atomic E-state index is 0.0837. The van der Waals surface area contributed by atoms with Crippen LogP contribution in [-0.4, -0.2) is 124 Å². The molecule has 0 aliphatic carbocycles. The molecule has 0 bridgehead atoms. The first-order valence-corrected chi connectivity index (χ1v) is 52.1. The Kier molecular flexibility index (Phi) is 78.2. The fraction of sp³-hybridized carbons (Fsp3) is 0.939. The zero-order valence-electron chi connectivity index (χ0n) is 77.6. The lowest BCUT2D eigenvalue weighted by Gasteiger charge is -2.50. The van der Waals surface area contributed by atoms with E-state index >= 15 is 0 Å². The summed E-state index contributed by atoms with van der Waals surface area (Å²) in [5, 5.41) is 30.0. The third kappa shape index (κ3) is 68.7. The maximum absolute atomic E-state index is 14.9. The van der Waals surface area contributed by atoms with Gasteiger partial charge in [0.2, 0.25) is 23.8 Å². The van der Waals surface area contributed by atoms with Gasteiger partial charge in [0.1, 0.15) is 30.5 Å². The minimum atomic E-state index is -5.57. The van der Waals surface area contributed by atoms with E-state index < -0.39 is 99.7 Å². The molecule has 20 nitrogen and oxygen atoms in total. The van der Waals surface area contributed by atoms with Gasteiger partial charge in [-0.3, -0.25) is 33.3 Å². The van der Waals surface area contributed by atoms with Crippen molar-refractivity contribution in [3.8, 4) is 0 Å². The zero-order valence-corrected chi connectivity index (χ0v) is 78.5. The maximum Gasteiger partial charge on any atom is 0.470 e. The van der Waals surface area contributed by atoms with Crippen molar-refractivity contribution in [1.29, 1.82) is 0 Å². The van der Waals surface area contributed by atoms with Crippen LogP contribution in [0.2, 0.25) is 0 Å². The second kappa shape index (κ2) is 81.8. The second-order valence-electron chi connectivity index (χ2n) is 35.5. The van der Waals surface area contributed by atoms with Crippen LogP contribution in [0.1, 0.15) is 523 Å². The van der Waals surface area contributed by atoms with E-state index in [1.165, 1.54) is 199 Å². The normalized spacial score (nSPS) is 17.0. The van der Waals surface area contributed by atoms with Gasteiger partial charge in [-0.05, 0) is 70.6 Å². The number of aliphatic hydroxyl groups is 2. The number of hydrogen-bond donors (Lipinski definition) is 6. The summed E-state index contributed by atoms with van der Waals surface area (Å²) < 4.78 is 55.2. The average Bonchev–Trinajstić information content (AvgIpc) is 0.749. The van der Waals surface area contributed by atoms with Crippen LogP contribution in [0.4, 0.5) is 0 Å². The Morgan fingerprint density at radius 2 is 0.622 bits per heavy atom. The number of ether oxygens (including phenoxy) is 6. The fourth-order valence-electron chi connectivity index (χ4n) is 16.5. The predicted molar refractivity (Wildman–Crippen MR) is 485 cm³/mol. The van der Waals surface area contributed by atoms with Crippen molar-refractivity contribution in [3.63, 3.8) is 0 Å². The van der Waals surface area contributed by atoms with E-state index in [1.807, 2.05) is 0 Å². The average molecular weight is 1710 g/mol. The van der Waals surface area contributed by atoms with Crippen molar-refractivity contribution >= 4 is 43.5 Å². The number of carbonyl (C=O) groups is 6. The van der Waals surface area contributed by atoms with E-state index in [-0.39, 0.29) is 37.7 Å². The van der Waals surface area contributed by atoms with Gasteiger partial charge in [-0.25, -0.2) is 4.57 Å². The summed E-state index contributed by atoms with van der Waals surface area (Å²) in [5.74, 6) is -3.18. The van der Waals surface area contributed by atoms with Crippen LogP contribution >= 0.6 is 7.82 Å². The summed E-state index contributed by atoms with van der Waals surface area (Å²) in [6.07, 6.45) is 61.9. The number of phosphoric ester groups is 1. The molecule has 1 rings (SSSR count). The number of amides is 2. The topological polar surface area (TPSA) is 289 Å². The molecule has 8 atom stereocenters. The highest BCUT2D eigenvalue weighted by Crippen LogP contribution is 2.44. The Labute approximate surface area is 728 Å². The molecule has 702 valence electrons. The molecule has 6 N–H and O–H groups in total. The molecule has 2 amide bonds. The van der Waals surface area contributed by atoms with Gasteiger partial charge < -0.3 is 59.1 Å². The van der Waals surface area contributed by atoms with Crippen LogP contribution < -0.4 is 10.6 Å². The molecule has 0 spiro atoms. The molecule has 0 saturated carbocycles. The van der Waals surface area contributed by atoms with Gasteiger partial charge in [-0.2, -0.15) is 0 Å². The van der Waals surface area contributed by atoms with Gasteiger partial charge in [-0.1, -0.05) is 414 Å². The summed E-state index contributed by atoms with van der Waals surface area (Å²) in [4.78, 5) is 105. The SMILES string of the molecule is CCCCCCCCCCCCCC(=O)O[C@H](CCCCCCCCCCC)CC(=O)NCCCCCCCCO[C@@H]1O[C@H](CO)[C@@H](OP(=O)(O)O)[C@H](OC(=O)C[C@@H](CCCCCCCCCCC)OC(=O)CCCCCCCCCCCCC)[C@]1(O)NC(=O)C[C@@H](CCCCCCCCCCC)OC(=O)CCCCCCCCCCCCC. The molecule has 1 aliphatic heterocycles. The van der Waals surface area contributed by atoms with Crippen LogP contribution in [-0.2, 0) is 66.3 Å². The van der Waals surface area contributed by atoms with E-state index in [4.69, 9.17) is 32.9 Å². The molecule has 1 saturated heterocycles. The lowest BCUT2D eigenvalue weighted by molar-refractivity contribution is -0.347. The molecule has 0 aromatic rings. The van der Waals surface area contributed by atoms with Crippen LogP contribution in [0.25, 0.3) is 0 Å². The first-order chi connectivity index (χ1) is 57.9. The second-order valence-corrected chi connectivity index (χ2v) is 36.7. The number of hydrogen-bond acceptors (Lipinski definition) is 16. The molecule has 0 unspecified atom stereocenters. The highest BCUT2D eigenvalue weighted by Gasteiger charge is 2.61. The number of carbonyl (C=O) groups excluding carboxylic acids is 6. The Bertz CT molecular complexity index is 2400. The smallest absolute Gasteiger partial charge is 0.462 e. The van der Waals surface area contributed by atoms with Crippen LogP contribution in [0.15, 0.2) is 0 Å². The highest BCUT2D eigenvalue weighted by atomic mass is 31.2. The van der Waals surface area contributed by atoms with Gasteiger partial charge in [0.05, 0.1) is 25.9 Å². The molecule has 1 fully saturated rings. The zero-order chi connectivity index (χ0) is 87.0. The number of aliphatic hydroxyl groups excluding tert-OH is 1. The lowest BCUT2D eigenvalue weighted by atomic mass is 9.92. The highest BCUT2D eigenvalue weighted by molar-refractivity contribution is 7.46. The van der Waals surface area contributed by atoms with Gasteiger partial charge in [0.15, 0.2) is 6.10 Å². The standard InChI is InChI=1S/C98H187N2O18P/c1-7-13-19-25-31-37-40-46-52-60-68-76-91(104)113-85(73-65-57-49-43-34-28-22-16-10-4)81-89(102)99-79-71-63-55-56-64-72-80-112-97-98(108,100-90(103)82-86(74-66-58-50-44-35-29-23-17-11-5)114-92(105)77-69-61-53-47-41-38-32-26-20-14-8-2)96(95(88(84-101)116-97)118-119(109,110)111)117-94(107)83-87(75-67-59-51-45-36-30-24-18-12-6)115-93(106)78-70-62-54-48-42-39-33-27-21-15-9-3/h85-88,95-97,101,108H,7-84H2,1-6H3,(H,99,102)(H,100,103)(H2,109,110,111)/t85-,86-,87-,88-,95-,96+,97-,98-/m1/s1. The molecule has 1 aliphatic rings. The predicted octanol–water partition coefficient (Wildman–Crippen LogP) is 26.1. The number of rotatable bonds is 90. The Hall–Kier alpha value is -3.23. The molecular formula is C98H187N2O18P. The van der Waals surface area contributed by atoms with Crippen molar-refractivity contribution in [2.24, 2.45) is 0 Å². The largest absolute Gasteiger partial charge is 0.470 e. The van der Waals surface area contributed by atoms with Crippen LogP contribution in [0.3, 0.4) is 0 Å². The van der Waals surface area contributed by atoms with Crippen LogP contribution in [0.5, 0.6) is 0 Å². The number of unbranched alkanes of at least 4 members (excludes halogenated alkanes) is 59. The monoisotopic (exact) mass is 1710 g/mol. The summed E-state index contributed by atoms with van der Waals surface area (Å²) in [6.45, 7) is 12.7. The lowest BCUT2D eigenvalue weighted by Crippen LogP contribution is -2.75. The van der Waals surface area contributed by atoms with Gasteiger partial charge in [0, 0.05) is 32.4 Å². The van der Waals surface area contributed by atoms with Crippen molar-refractivity contribution in [3.05, 3.63) is 0 Å². The van der Waals surface area contributed by atoms with Gasteiger partial charge in [0.25, 0.3) is 0 Å². The molecular weight excluding hydrogens is 1520 g/mol.